The molecule has 0 aliphatic carbocycles. The summed E-state index contributed by atoms with van der Waals surface area (Å²) in [5.74, 6) is 0.918. The molecule has 23 heavy (non-hydrogen) atoms. The number of carbonyl (C=O) groups is 2. The number of nitrogens with zero attached hydrogens (tertiary/aromatic N) is 3. The molecule has 2 amide bonds. The zero-order valence-electron chi connectivity index (χ0n) is 13.8. The maximum Gasteiger partial charge on any atom is 0.222 e. The molecule has 2 saturated heterocycles. The van der Waals surface area contributed by atoms with Crippen molar-refractivity contribution < 1.29 is 9.59 Å². The lowest BCUT2D eigenvalue weighted by molar-refractivity contribution is -0.136. The van der Waals surface area contributed by atoms with Crippen LogP contribution >= 0.6 is 0 Å². The van der Waals surface area contributed by atoms with Crippen LogP contribution in [0.2, 0.25) is 0 Å². The van der Waals surface area contributed by atoms with Crippen molar-refractivity contribution in [2.45, 2.75) is 44.6 Å². The van der Waals surface area contributed by atoms with Gasteiger partial charge < -0.3 is 9.80 Å². The number of fused-ring (bicyclic) bond motifs is 1. The van der Waals surface area contributed by atoms with E-state index in [0.717, 1.165) is 44.3 Å². The third-order valence-electron chi connectivity index (χ3n) is 5.25. The topological polar surface area (TPSA) is 53.5 Å². The molecule has 0 saturated carbocycles. The summed E-state index contributed by atoms with van der Waals surface area (Å²) in [6, 6.07) is 4.23. The number of piperidine rings is 1. The Balaban J connectivity index is 1.56. The number of aromatic nitrogens is 1. The summed E-state index contributed by atoms with van der Waals surface area (Å²) < 4.78 is 0. The molecule has 5 nitrogen and oxygen atoms in total. The van der Waals surface area contributed by atoms with Crippen LogP contribution in [0.4, 0.5) is 0 Å². The van der Waals surface area contributed by atoms with Crippen LogP contribution in [-0.4, -0.2) is 52.8 Å². The lowest BCUT2D eigenvalue weighted by Gasteiger charge is -2.41. The van der Waals surface area contributed by atoms with Crippen molar-refractivity contribution >= 4 is 11.8 Å². The summed E-state index contributed by atoms with van der Waals surface area (Å²) >= 11 is 0. The quantitative estimate of drug-likeness (QED) is 0.856. The second-order valence-electron chi connectivity index (χ2n) is 6.71. The van der Waals surface area contributed by atoms with Crippen LogP contribution in [0.15, 0.2) is 24.5 Å². The Morgan fingerprint density at radius 2 is 2.26 bits per heavy atom. The number of amides is 2. The molecule has 3 rings (SSSR count). The van der Waals surface area contributed by atoms with Gasteiger partial charge in [0.05, 0.1) is 0 Å². The molecule has 0 radical (unpaired) electrons. The van der Waals surface area contributed by atoms with Crippen molar-refractivity contribution in [2.75, 3.05) is 20.1 Å². The number of likely N-dealkylation sites (tertiary alicyclic amines) is 2. The van der Waals surface area contributed by atoms with Crippen LogP contribution in [-0.2, 0) is 16.0 Å². The van der Waals surface area contributed by atoms with E-state index in [1.165, 1.54) is 0 Å². The molecule has 0 unspecified atom stereocenters. The number of carbonyl (C=O) groups excluding carboxylic acids is 2. The predicted molar refractivity (Wildman–Crippen MR) is 87.7 cm³/mol. The molecular formula is C18H25N3O2. The molecule has 0 bridgehead atoms. The average Bonchev–Trinajstić information content (AvgIpc) is 2.72. The Bertz CT molecular complexity index is 561. The summed E-state index contributed by atoms with van der Waals surface area (Å²) in [6.07, 6.45) is 8.41. The van der Waals surface area contributed by atoms with Gasteiger partial charge in [-0.05, 0) is 43.2 Å². The van der Waals surface area contributed by atoms with Crippen LogP contribution < -0.4 is 0 Å². The normalized spacial score (nSPS) is 25.0. The van der Waals surface area contributed by atoms with Gasteiger partial charge in [0.1, 0.15) is 0 Å². The molecule has 1 aromatic heterocycles. The molecule has 0 aromatic carbocycles. The summed E-state index contributed by atoms with van der Waals surface area (Å²) in [7, 11) is 1.92. The highest BCUT2D eigenvalue weighted by molar-refractivity contribution is 5.77. The molecule has 0 spiro atoms. The minimum absolute atomic E-state index is 0.227. The summed E-state index contributed by atoms with van der Waals surface area (Å²) in [4.78, 5) is 32.5. The standard InChI is InChI=1S/C18H25N3O2/c1-20-16-9-11-21(13-15(16)5-2-6-17(20)22)18(23)8-7-14-4-3-10-19-12-14/h3-4,10,12,15-16H,2,5-9,11,13H2,1H3/t15-,16-/m1/s1. The molecule has 5 heteroatoms. The first-order valence-electron chi connectivity index (χ1n) is 8.57. The first-order chi connectivity index (χ1) is 11.1. The van der Waals surface area contributed by atoms with Gasteiger partial charge >= 0.3 is 0 Å². The van der Waals surface area contributed by atoms with E-state index in [4.69, 9.17) is 0 Å². The maximum atomic E-state index is 12.5. The molecule has 2 atom stereocenters. The van der Waals surface area contributed by atoms with Crippen LogP contribution in [0.25, 0.3) is 0 Å². The first-order valence-corrected chi connectivity index (χ1v) is 8.57. The molecule has 3 heterocycles. The summed E-state index contributed by atoms with van der Waals surface area (Å²) in [6.45, 7) is 1.57. The van der Waals surface area contributed by atoms with E-state index >= 15 is 0 Å². The van der Waals surface area contributed by atoms with Gasteiger partial charge in [-0.2, -0.15) is 0 Å². The lowest BCUT2D eigenvalue weighted by Crippen LogP contribution is -2.51. The largest absolute Gasteiger partial charge is 0.342 e. The van der Waals surface area contributed by atoms with Gasteiger partial charge in [0.15, 0.2) is 0 Å². The van der Waals surface area contributed by atoms with E-state index in [1.54, 1.807) is 6.20 Å². The Labute approximate surface area is 137 Å². The average molecular weight is 315 g/mol. The second-order valence-corrected chi connectivity index (χ2v) is 6.71. The van der Waals surface area contributed by atoms with Crippen molar-refractivity contribution in [1.29, 1.82) is 0 Å². The van der Waals surface area contributed by atoms with E-state index < -0.39 is 0 Å². The highest BCUT2D eigenvalue weighted by Crippen LogP contribution is 2.29. The van der Waals surface area contributed by atoms with Crippen LogP contribution in [0.1, 0.15) is 37.7 Å². The van der Waals surface area contributed by atoms with Gasteiger partial charge in [-0.1, -0.05) is 6.07 Å². The van der Waals surface area contributed by atoms with Crippen LogP contribution in [0, 0.1) is 5.92 Å². The van der Waals surface area contributed by atoms with Crippen molar-refractivity contribution in [3.05, 3.63) is 30.1 Å². The molecule has 124 valence electrons. The predicted octanol–water partition coefficient (Wildman–Crippen LogP) is 1.87. The molecular weight excluding hydrogens is 290 g/mol. The number of aryl methyl sites for hydroxylation is 1. The lowest BCUT2D eigenvalue weighted by atomic mass is 9.88. The number of hydrogen-bond donors (Lipinski definition) is 0. The van der Waals surface area contributed by atoms with E-state index in [2.05, 4.69) is 4.98 Å². The third kappa shape index (κ3) is 3.71. The van der Waals surface area contributed by atoms with E-state index in [-0.39, 0.29) is 11.8 Å². The van der Waals surface area contributed by atoms with Crippen molar-refractivity contribution in [2.24, 2.45) is 5.92 Å². The highest BCUT2D eigenvalue weighted by atomic mass is 16.2. The van der Waals surface area contributed by atoms with Gasteiger partial charge in [0.2, 0.25) is 11.8 Å². The summed E-state index contributed by atoms with van der Waals surface area (Å²) in [5, 5.41) is 0. The van der Waals surface area contributed by atoms with Crippen molar-refractivity contribution in [3.63, 3.8) is 0 Å². The summed E-state index contributed by atoms with van der Waals surface area (Å²) in [5.41, 5.74) is 1.11. The fraction of sp³-hybridized carbons (Fsp3) is 0.611. The number of rotatable bonds is 3. The van der Waals surface area contributed by atoms with Gasteiger partial charge in [0.25, 0.3) is 0 Å². The SMILES string of the molecule is CN1C(=O)CCC[C@@H]2CN(C(=O)CCc3cccnc3)CC[C@H]21. The van der Waals surface area contributed by atoms with Crippen LogP contribution in [0.3, 0.4) is 0 Å². The first kappa shape index (κ1) is 16.0. The smallest absolute Gasteiger partial charge is 0.222 e. The Morgan fingerprint density at radius 1 is 1.39 bits per heavy atom. The van der Waals surface area contributed by atoms with Gasteiger partial charge in [-0.3, -0.25) is 14.6 Å². The molecule has 2 fully saturated rings. The van der Waals surface area contributed by atoms with E-state index in [1.807, 2.05) is 35.2 Å². The fourth-order valence-corrected chi connectivity index (χ4v) is 3.87. The zero-order valence-corrected chi connectivity index (χ0v) is 13.8. The van der Waals surface area contributed by atoms with Gasteiger partial charge in [0, 0.05) is 51.4 Å². The van der Waals surface area contributed by atoms with Crippen LogP contribution in [0.5, 0.6) is 0 Å². The highest BCUT2D eigenvalue weighted by Gasteiger charge is 2.36. The zero-order chi connectivity index (χ0) is 16.2. The maximum absolute atomic E-state index is 12.5. The Morgan fingerprint density at radius 3 is 3.04 bits per heavy atom. The molecule has 0 N–H and O–H groups in total. The third-order valence-corrected chi connectivity index (χ3v) is 5.25. The molecule has 2 aliphatic heterocycles. The Hall–Kier alpha value is -1.91. The van der Waals surface area contributed by atoms with E-state index in [9.17, 15) is 9.59 Å². The molecule has 2 aliphatic rings. The van der Waals surface area contributed by atoms with E-state index in [0.29, 0.717) is 24.8 Å². The monoisotopic (exact) mass is 315 g/mol. The number of pyridine rings is 1. The van der Waals surface area contributed by atoms with Crippen molar-refractivity contribution in [3.8, 4) is 0 Å². The van der Waals surface area contributed by atoms with Gasteiger partial charge in [-0.15, -0.1) is 0 Å². The molecule has 1 aromatic rings. The second kappa shape index (κ2) is 7.11. The Kier molecular flexibility index (Phi) is 4.94. The minimum atomic E-state index is 0.227. The van der Waals surface area contributed by atoms with Gasteiger partial charge in [-0.25, -0.2) is 0 Å². The fourth-order valence-electron chi connectivity index (χ4n) is 3.87. The van der Waals surface area contributed by atoms with Crippen molar-refractivity contribution in [1.82, 2.24) is 14.8 Å². The number of hydrogen-bond acceptors (Lipinski definition) is 3. The minimum Gasteiger partial charge on any atom is -0.342 e.